The predicted molar refractivity (Wildman–Crippen MR) is 181 cm³/mol. The van der Waals surface area contributed by atoms with Crippen molar-refractivity contribution < 1.29 is 21.1 Å². The predicted octanol–water partition coefficient (Wildman–Crippen LogP) is 10.5. The van der Waals surface area contributed by atoms with Crippen LogP contribution >= 0.6 is 0 Å². The molecule has 1 aliphatic rings. The largest absolute Gasteiger partial charge is 2.00 e. The molecule has 1 aromatic carbocycles. The van der Waals surface area contributed by atoms with Gasteiger partial charge in [0.05, 0.1) is 11.3 Å². The van der Waals surface area contributed by atoms with E-state index in [1.165, 1.54) is 11.1 Å². The molecule has 2 aromatic heterocycles. The minimum atomic E-state index is -0.102. The van der Waals surface area contributed by atoms with Crippen LogP contribution in [-0.4, -0.2) is 9.97 Å². The van der Waals surface area contributed by atoms with Gasteiger partial charge < -0.3 is 5.32 Å². The molecule has 0 bridgehead atoms. The number of nitrogens with zero attached hydrogens (tertiary/aromatic N) is 4. The van der Waals surface area contributed by atoms with E-state index in [4.69, 9.17) is 5.32 Å². The number of rotatable bonds is 2. The van der Waals surface area contributed by atoms with Crippen LogP contribution in [0.25, 0.3) is 16.6 Å². The molecule has 0 spiro atoms. The summed E-state index contributed by atoms with van der Waals surface area (Å²) in [7, 11) is 0. The van der Waals surface area contributed by atoms with Crippen molar-refractivity contribution in [1.29, 1.82) is 5.26 Å². The summed E-state index contributed by atoms with van der Waals surface area (Å²) in [4.78, 5) is 8.49. The minimum Gasteiger partial charge on any atom is -0.700 e. The smallest absolute Gasteiger partial charge is 0.700 e. The Morgan fingerprint density at radius 2 is 1.25 bits per heavy atom. The van der Waals surface area contributed by atoms with Crippen molar-refractivity contribution in [3.8, 4) is 6.07 Å². The van der Waals surface area contributed by atoms with Gasteiger partial charge in [-0.3, -0.25) is 9.97 Å². The van der Waals surface area contributed by atoms with Gasteiger partial charge in [-0.2, -0.15) is 10.8 Å². The molecular weight excluding hydrogens is 720 g/mol. The van der Waals surface area contributed by atoms with Crippen LogP contribution in [0.1, 0.15) is 111 Å². The molecule has 0 amide bonds. The number of allylic oxidation sites excluding steroid dienone is 4. The Labute approximate surface area is 281 Å². The summed E-state index contributed by atoms with van der Waals surface area (Å²) < 4.78 is 0. The molecule has 0 radical (unpaired) electrons. The fraction of sp³-hybridized carbons (Fsp3) is 0.410. The molecule has 0 fully saturated rings. The van der Waals surface area contributed by atoms with E-state index in [2.05, 4.69) is 136 Å². The standard InChI is InChI=1S/C30H35N3.C9H13N.Pt/c1-28(2,3)21-12-10-11-20(15-21)25-17-23(30(7,8)9)18-27(33-25)24(19-31)26-16-22(13-14-32-26)29(4,5)6;1-9(2,3)8-4-6-10-7-5-8;/h10,12-18H,1-9H3;4-7H,1-3H3;/q-2;;+2/b27-24-;;. The molecule has 1 aliphatic heterocycles. The van der Waals surface area contributed by atoms with Gasteiger partial charge in [-0.15, -0.1) is 41.6 Å². The molecule has 4 nitrogen and oxygen atoms in total. The second-order valence-corrected chi connectivity index (χ2v) is 15.3. The topological polar surface area (TPSA) is 63.7 Å². The zero-order valence-corrected chi connectivity index (χ0v) is 30.8. The molecule has 3 aromatic rings. The van der Waals surface area contributed by atoms with E-state index in [0.29, 0.717) is 17.0 Å². The molecule has 0 N–H and O–H groups in total. The number of pyridine rings is 2. The van der Waals surface area contributed by atoms with E-state index in [-0.39, 0.29) is 42.7 Å². The van der Waals surface area contributed by atoms with Gasteiger partial charge in [0.15, 0.2) is 0 Å². The number of nitriles is 1. The summed E-state index contributed by atoms with van der Waals surface area (Å²) in [6.45, 7) is 26.2. The van der Waals surface area contributed by atoms with Crippen LogP contribution in [-0.2, 0) is 37.3 Å². The Bertz CT molecular complexity index is 1560. The SMILES string of the molecule is CC(C)(C)C1=C/C(=C(\C#N)c2cc(C(C)(C)C)ccn2)[N-]C(c2[c-]ccc(C(C)(C)C)c2)=C1.CC(C)(C)c1ccncc1.[Pt+2]. The molecule has 0 saturated heterocycles. The molecule has 4 rings (SSSR count). The van der Waals surface area contributed by atoms with Crippen LogP contribution in [0.5, 0.6) is 0 Å². The van der Waals surface area contributed by atoms with E-state index < -0.39 is 0 Å². The van der Waals surface area contributed by atoms with Crippen LogP contribution < -0.4 is 0 Å². The van der Waals surface area contributed by atoms with Crippen LogP contribution in [0.15, 0.2) is 84.5 Å². The fourth-order valence-electron chi connectivity index (χ4n) is 4.44. The Morgan fingerprint density at radius 3 is 1.75 bits per heavy atom. The summed E-state index contributed by atoms with van der Waals surface area (Å²) in [6.07, 6.45) is 9.60. The first-order valence-electron chi connectivity index (χ1n) is 15.0. The maximum atomic E-state index is 10.2. The molecule has 0 atom stereocenters. The molecule has 0 aliphatic carbocycles. The second kappa shape index (κ2) is 14.2. The summed E-state index contributed by atoms with van der Waals surface area (Å²) in [6, 6.07) is 20.1. The van der Waals surface area contributed by atoms with Crippen molar-refractivity contribution in [2.45, 2.75) is 99.3 Å². The molecule has 234 valence electrons. The van der Waals surface area contributed by atoms with E-state index in [1.807, 2.05) is 36.7 Å². The molecule has 3 heterocycles. The summed E-state index contributed by atoms with van der Waals surface area (Å²) in [5.74, 6) is 0. The van der Waals surface area contributed by atoms with E-state index >= 15 is 0 Å². The van der Waals surface area contributed by atoms with Gasteiger partial charge in [0, 0.05) is 18.6 Å². The molecule has 0 saturated carbocycles. The van der Waals surface area contributed by atoms with E-state index in [0.717, 1.165) is 22.4 Å². The van der Waals surface area contributed by atoms with Crippen molar-refractivity contribution in [2.75, 3.05) is 0 Å². The van der Waals surface area contributed by atoms with Crippen LogP contribution in [0.2, 0.25) is 0 Å². The first-order valence-corrected chi connectivity index (χ1v) is 15.0. The van der Waals surface area contributed by atoms with Gasteiger partial charge in [0.1, 0.15) is 6.07 Å². The summed E-state index contributed by atoms with van der Waals surface area (Å²) in [5.41, 5.74) is 8.50. The molecule has 0 unspecified atom stereocenters. The second-order valence-electron chi connectivity index (χ2n) is 15.3. The van der Waals surface area contributed by atoms with Crippen molar-refractivity contribution >= 4 is 11.3 Å². The normalized spacial score (nSPS) is 14.9. The number of aromatic nitrogens is 2. The maximum absolute atomic E-state index is 10.2. The number of hydrogen-bond donors (Lipinski definition) is 0. The van der Waals surface area contributed by atoms with E-state index in [1.54, 1.807) is 6.20 Å². The first kappa shape index (κ1) is 36.9. The monoisotopic (exact) mass is 767 g/mol. The Hall–Kier alpha value is -3.28. The fourth-order valence-corrected chi connectivity index (χ4v) is 4.44. The van der Waals surface area contributed by atoms with Gasteiger partial charge in [-0.05, 0) is 57.1 Å². The minimum absolute atomic E-state index is 0. The van der Waals surface area contributed by atoms with Crippen molar-refractivity contribution in [3.05, 3.63) is 124 Å². The Balaban J connectivity index is 0.000000521. The third-order valence-electron chi connectivity index (χ3n) is 7.43. The number of hydrogen-bond acceptors (Lipinski definition) is 3. The summed E-state index contributed by atoms with van der Waals surface area (Å²) >= 11 is 0. The van der Waals surface area contributed by atoms with Crippen molar-refractivity contribution in [2.24, 2.45) is 5.41 Å². The molecule has 44 heavy (non-hydrogen) atoms. The Morgan fingerprint density at radius 1 is 0.705 bits per heavy atom. The van der Waals surface area contributed by atoms with Gasteiger partial charge in [-0.1, -0.05) is 94.7 Å². The van der Waals surface area contributed by atoms with Gasteiger partial charge in [0.2, 0.25) is 0 Å². The average Bonchev–Trinajstić information content (AvgIpc) is 2.93. The third kappa shape index (κ3) is 9.87. The van der Waals surface area contributed by atoms with Crippen LogP contribution in [0, 0.1) is 22.8 Å². The maximum Gasteiger partial charge on any atom is 2.00 e. The van der Waals surface area contributed by atoms with Crippen molar-refractivity contribution in [1.82, 2.24) is 9.97 Å². The van der Waals surface area contributed by atoms with Gasteiger partial charge >= 0.3 is 21.1 Å². The van der Waals surface area contributed by atoms with E-state index in [9.17, 15) is 5.26 Å². The number of benzene rings is 1. The van der Waals surface area contributed by atoms with Crippen LogP contribution in [0.3, 0.4) is 0 Å². The zero-order valence-electron chi connectivity index (χ0n) is 28.5. The van der Waals surface area contributed by atoms with Crippen LogP contribution in [0.4, 0.5) is 0 Å². The third-order valence-corrected chi connectivity index (χ3v) is 7.43. The first-order chi connectivity index (χ1) is 19.8. The van der Waals surface area contributed by atoms with Gasteiger partial charge in [0.25, 0.3) is 0 Å². The molecular formula is C39H48N4Pt. The zero-order chi connectivity index (χ0) is 32.2. The average molecular weight is 768 g/mol. The molecule has 5 heteroatoms. The van der Waals surface area contributed by atoms with Gasteiger partial charge in [-0.25, -0.2) is 5.70 Å². The Kier molecular flexibility index (Phi) is 11.9. The van der Waals surface area contributed by atoms with Crippen molar-refractivity contribution in [3.63, 3.8) is 0 Å². The summed E-state index contributed by atoms with van der Waals surface area (Å²) in [5, 5.41) is 15.1. The quantitative estimate of drug-likeness (QED) is 0.193.